The van der Waals surface area contributed by atoms with Gasteiger partial charge in [0.25, 0.3) is 5.91 Å². The van der Waals surface area contributed by atoms with E-state index in [1.54, 1.807) is 6.07 Å². The fourth-order valence-corrected chi connectivity index (χ4v) is 2.49. The normalized spacial score (nSPS) is 10.4. The van der Waals surface area contributed by atoms with Gasteiger partial charge in [-0.2, -0.15) is 0 Å². The van der Waals surface area contributed by atoms with E-state index in [0.29, 0.717) is 16.9 Å². The summed E-state index contributed by atoms with van der Waals surface area (Å²) in [6, 6.07) is 9.34. The smallest absolute Gasteiger partial charge is 0.255 e. The van der Waals surface area contributed by atoms with Gasteiger partial charge in [-0.25, -0.2) is 0 Å². The molecule has 0 spiro atoms. The standard InChI is InChI=1S/C16H17BrN2O/c1-9-7-14(18)15(8-10(9)2)19-16(20)13-5-4-12(17)6-11(13)3/h4-8H,18H2,1-3H3,(H,19,20). The highest BCUT2D eigenvalue weighted by Crippen LogP contribution is 2.24. The van der Waals surface area contributed by atoms with E-state index >= 15 is 0 Å². The van der Waals surface area contributed by atoms with Crippen molar-refractivity contribution in [3.05, 3.63) is 57.1 Å². The molecule has 1 amide bonds. The lowest BCUT2D eigenvalue weighted by atomic mass is 10.1. The Morgan fingerprint density at radius 3 is 2.35 bits per heavy atom. The number of aryl methyl sites for hydroxylation is 3. The second-order valence-electron chi connectivity index (χ2n) is 4.94. The van der Waals surface area contributed by atoms with Gasteiger partial charge in [0.05, 0.1) is 11.4 Å². The minimum absolute atomic E-state index is 0.148. The van der Waals surface area contributed by atoms with Crippen LogP contribution >= 0.6 is 15.9 Å². The molecule has 0 aliphatic carbocycles. The summed E-state index contributed by atoms with van der Waals surface area (Å²) < 4.78 is 0.956. The van der Waals surface area contributed by atoms with Gasteiger partial charge in [-0.05, 0) is 67.8 Å². The molecule has 0 aliphatic heterocycles. The van der Waals surface area contributed by atoms with Crippen LogP contribution in [-0.2, 0) is 0 Å². The topological polar surface area (TPSA) is 55.1 Å². The van der Waals surface area contributed by atoms with Crippen molar-refractivity contribution in [3.8, 4) is 0 Å². The van der Waals surface area contributed by atoms with Gasteiger partial charge < -0.3 is 11.1 Å². The summed E-state index contributed by atoms with van der Waals surface area (Å²) in [5, 5.41) is 2.88. The van der Waals surface area contributed by atoms with Gasteiger partial charge in [-0.1, -0.05) is 15.9 Å². The Kier molecular flexibility index (Phi) is 4.14. The first kappa shape index (κ1) is 14.6. The van der Waals surface area contributed by atoms with Crippen molar-refractivity contribution in [1.82, 2.24) is 0 Å². The van der Waals surface area contributed by atoms with E-state index in [1.807, 2.05) is 45.0 Å². The first-order chi connectivity index (χ1) is 9.38. The number of amides is 1. The fourth-order valence-electron chi connectivity index (χ4n) is 2.02. The Labute approximate surface area is 127 Å². The number of carbonyl (C=O) groups excluding carboxylic acids is 1. The second kappa shape index (κ2) is 5.67. The van der Waals surface area contributed by atoms with E-state index in [2.05, 4.69) is 21.2 Å². The van der Waals surface area contributed by atoms with Crippen LogP contribution in [0.1, 0.15) is 27.0 Å². The minimum Gasteiger partial charge on any atom is -0.397 e. The molecular formula is C16H17BrN2O. The summed E-state index contributed by atoms with van der Waals surface area (Å²) in [7, 11) is 0. The van der Waals surface area contributed by atoms with Crippen LogP contribution in [0.3, 0.4) is 0 Å². The maximum atomic E-state index is 12.3. The molecule has 0 heterocycles. The van der Waals surface area contributed by atoms with Crippen LogP contribution in [0.15, 0.2) is 34.8 Å². The molecule has 20 heavy (non-hydrogen) atoms. The Morgan fingerprint density at radius 2 is 1.70 bits per heavy atom. The number of rotatable bonds is 2. The summed E-state index contributed by atoms with van der Waals surface area (Å²) in [5.41, 5.74) is 11.0. The number of nitrogens with two attached hydrogens (primary N) is 1. The summed E-state index contributed by atoms with van der Waals surface area (Å²) in [5.74, 6) is -0.148. The van der Waals surface area contributed by atoms with E-state index in [9.17, 15) is 4.79 Å². The third kappa shape index (κ3) is 3.02. The molecule has 2 rings (SSSR count). The van der Waals surface area contributed by atoms with Crippen LogP contribution in [-0.4, -0.2) is 5.91 Å². The quantitative estimate of drug-likeness (QED) is 0.809. The first-order valence-corrected chi connectivity index (χ1v) is 7.12. The molecule has 2 aromatic carbocycles. The summed E-state index contributed by atoms with van der Waals surface area (Å²) in [6.45, 7) is 5.90. The molecule has 0 radical (unpaired) electrons. The van der Waals surface area contributed by atoms with Crippen molar-refractivity contribution < 1.29 is 4.79 Å². The van der Waals surface area contributed by atoms with E-state index in [-0.39, 0.29) is 5.91 Å². The van der Waals surface area contributed by atoms with Gasteiger partial charge in [0.1, 0.15) is 0 Å². The second-order valence-corrected chi connectivity index (χ2v) is 5.85. The number of nitrogens with one attached hydrogen (secondary N) is 1. The van der Waals surface area contributed by atoms with Crippen LogP contribution in [0, 0.1) is 20.8 Å². The van der Waals surface area contributed by atoms with Gasteiger partial charge in [-0.15, -0.1) is 0 Å². The molecule has 0 saturated carbocycles. The highest BCUT2D eigenvalue weighted by Gasteiger charge is 2.11. The third-order valence-corrected chi connectivity index (χ3v) is 3.84. The van der Waals surface area contributed by atoms with Gasteiger partial charge in [-0.3, -0.25) is 4.79 Å². The van der Waals surface area contributed by atoms with Crippen LogP contribution in [0.5, 0.6) is 0 Å². The zero-order chi connectivity index (χ0) is 14.9. The molecule has 3 N–H and O–H groups in total. The van der Waals surface area contributed by atoms with Crippen LogP contribution < -0.4 is 11.1 Å². The Morgan fingerprint density at radius 1 is 1.05 bits per heavy atom. The van der Waals surface area contributed by atoms with Gasteiger partial charge in [0.2, 0.25) is 0 Å². The number of halogens is 1. The first-order valence-electron chi connectivity index (χ1n) is 6.32. The summed E-state index contributed by atoms with van der Waals surface area (Å²) in [6.07, 6.45) is 0. The zero-order valence-corrected chi connectivity index (χ0v) is 13.3. The molecule has 0 unspecified atom stereocenters. The number of hydrogen-bond acceptors (Lipinski definition) is 2. The maximum absolute atomic E-state index is 12.3. The number of carbonyl (C=O) groups is 1. The van der Waals surface area contributed by atoms with Crippen molar-refractivity contribution in [2.75, 3.05) is 11.1 Å². The monoisotopic (exact) mass is 332 g/mol. The Bertz CT molecular complexity index is 680. The van der Waals surface area contributed by atoms with E-state index in [1.165, 1.54) is 0 Å². The molecule has 0 saturated heterocycles. The lowest BCUT2D eigenvalue weighted by Crippen LogP contribution is -2.14. The fraction of sp³-hybridized carbons (Fsp3) is 0.188. The molecular weight excluding hydrogens is 316 g/mol. The predicted octanol–water partition coefficient (Wildman–Crippen LogP) is 4.21. The highest BCUT2D eigenvalue weighted by atomic mass is 79.9. The molecule has 4 heteroatoms. The van der Waals surface area contributed by atoms with Crippen LogP contribution in [0.4, 0.5) is 11.4 Å². The summed E-state index contributed by atoms with van der Waals surface area (Å²) >= 11 is 3.39. The molecule has 2 aromatic rings. The van der Waals surface area contributed by atoms with Gasteiger partial charge in [0, 0.05) is 10.0 Å². The van der Waals surface area contributed by atoms with Crippen molar-refractivity contribution in [2.24, 2.45) is 0 Å². The lowest BCUT2D eigenvalue weighted by Gasteiger charge is -2.12. The number of benzene rings is 2. The minimum atomic E-state index is -0.148. The summed E-state index contributed by atoms with van der Waals surface area (Å²) in [4.78, 5) is 12.3. The number of hydrogen-bond donors (Lipinski definition) is 2. The van der Waals surface area contributed by atoms with Gasteiger partial charge >= 0.3 is 0 Å². The average molecular weight is 333 g/mol. The SMILES string of the molecule is Cc1cc(N)c(NC(=O)c2ccc(Br)cc2C)cc1C. The Balaban J connectivity index is 2.30. The van der Waals surface area contributed by atoms with Crippen molar-refractivity contribution in [3.63, 3.8) is 0 Å². The molecule has 3 nitrogen and oxygen atoms in total. The third-order valence-electron chi connectivity index (χ3n) is 3.35. The molecule has 0 aliphatic rings. The van der Waals surface area contributed by atoms with Crippen molar-refractivity contribution in [2.45, 2.75) is 20.8 Å². The van der Waals surface area contributed by atoms with Gasteiger partial charge in [0.15, 0.2) is 0 Å². The number of nitrogen functional groups attached to an aromatic ring is 1. The highest BCUT2D eigenvalue weighted by molar-refractivity contribution is 9.10. The number of anilines is 2. The van der Waals surface area contributed by atoms with Crippen LogP contribution in [0.2, 0.25) is 0 Å². The van der Waals surface area contributed by atoms with Crippen LogP contribution in [0.25, 0.3) is 0 Å². The molecule has 0 atom stereocenters. The van der Waals surface area contributed by atoms with Crippen molar-refractivity contribution in [1.29, 1.82) is 0 Å². The average Bonchev–Trinajstić information content (AvgIpc) is 2.35. The molecule has 0 fully saturated rings. The van der Waals surface area contributed by atoms with Crippen molar-refractivity contribution >= 4 is 33.2 Å². The maximum Gasteiger partial charge on any atom is 0.255 e. The molecule has 0 bridgehead atoms. The predicted molar refractivity (Wildman–Crippen MR) is 87.2 cm³/mol. The largest absolute Gasteiger partial charge is 0.397 e. The van der Waals surface area contributed by atoms with E-state index < -0.39 is 0 Å². The Hall–Kier alpha value is -1.81. The van der Waals surface area contributed by atoms with E-state index in [4.69, 9.17) is 5.73 Å². The molecule has 0 aromatic heterocycles. The van der Waals surface area contributed by atoms with E-state index in [0.717, 1.165) is 21.2 Å². The molecule has 104 valence electrons. The lowest BCUT2D eigenvalue weighted by molar-refractivity contribution is 0.102. The zero-order valence-electron chi connectivity index (χ0n) is 11.8.